The van der Waals surface area contributed by atoms with Crippen LogP contribution < -0.4 is 4.90 Å². The Morgan fingerprint density at radius 2 is 1.77 bits per heavy atom. The molecular weight excluding hydrogens is 400 g/mol. The maximum atomic E-state index is 11.0. The molecule has 2 aromatic carbocycles. The van der Waals surface area contributed by atoms with Gasteiger partial charge < -0.3 is 20.3 Å². The van der Waals surface area contributed by atoms with E-state index in [0.29, 0.717) is 16.4 Å². The molecule has 0 heterocycles. The lowest BCUT2D eigenvalue weighted by molar-refractivity contribution is 0.0693. The number of phenols is 1. The molecule has 0 aliphatic carbocycles. The van der Waals surface area contributed by atoms with E-state index < -0.39 is 5.97 Å². The van der Waals surface area contributed by atoms with Gasteiger partial charge in [0.1, 0.15) is 11.3 Å². The normalized spacial score (nSPS) is 12.1. The molecule has 0 atom stereocenters. The number of aromatic hydroxyl groups is 1. The molecule has 2 rings (SSSR count). The van der Waals surface area contributed by atoms with Crippen molar-refractivity contribution in [1.29, 1.82) is 0 Å². The number of carboxylic acid groups (broad SMARTS) is 1. The minimum Gasteiger partial charge on any atom is -0.507 e. The van der Waals surface area contributed by atoms with Gasteiger partial charge in [0.05, 0.1) is 5.71 Å². The SMILES string of the molecule is CCN(CC)c1ccc(/C(CSc2ccc(C(=O)O)c(O)c2)=N\O)cc1C(C)(C)C. The van der Waals surface area contributed by atoms with E-state index in [1.54, 1.807) is 6.07 Å². The van der Waals surface area contributed by atoms with Crippen molar-refractivity contribution in [3.8, 4) is 5.75 Å². The maximum absolute atomic E-state index is 11.0. The third kappa shape index (κ3) is 5.48. The Morgan fingerprint density at radius 1 is 1.10 bits per heavy atom. The van der Waals surface area contributed by atoms with Gasteiger partial charge in [-0.05, 0) is 55.2 Å². The molecule has 0 aromatic heterocycles. The highest BCUT2D eigenvalue weighted by atomic mass is 32.2. The van der Waals surface area contributed by atoms with E-state index in [4.69, 9.17) is 5.11 Å². The lowest BCUT2D eigenvalue weighted by Gasteiger charge is -2.30. The highest BCUT2D eigenvalue weighted by Gasteiger charge is 2.22. The first-order chi connectivity index (χ1) is 14.1. The van der Waals surface area contributed by atoms with Crippen LogP contribution in [0.4, 0.5) is 5.69 Å². The second-order valence-electron chi connectivity index (χ2n) is 7.97. The number of anilines is 1. The van der Waals surface area contributed by atoms with Crippen LogP contribution in [0.3, 0.4) is 0 Å². The second-order valence-corrected chi connectivity index (χ2v) is 9.02. The number of carboxylic acids is 1. The van der Waals surface area contributed by atoms with Crippen molar-refractivity contribution in [2.45, 2.75) is 44.9 Å². The van der Waals surface area contributed by atoms with Crippen LogP contribution in [0.5, 0.6) is 5.75 Å². The molecule has 162 valence electrons. The van der Waals surface area contributed by atoms with Crippen LogP contribution in [0, 0.1) is 0 Å². The Bertz CT molecular complexity index is 931. The molecule has 30 heavy (non-hydrogen) atoms. The zero-order valence-electron chi connectivity index (χ0n) is 18.1. The van der Waals surface area contributed by atoms with Crippen molar-refractivity contribution in [3.05, 3.63) is 53.1 Å². The van der Waals surface area contributed by atoms with Gasteiger partial charge in [-0.25, -0.2) is 4.79 Å². The topological polar surface area (TPSA) is 93.4 Å². The lowest BCUT2D eigenvalue weighted by Crippen LogP contribution is -2.26. The highest BCUT2D eigenvalue weighted by Crippen LogP contribution is 2.34. The summed E-state index contributed by atoms with van der Waals surface area (Å²) in [6.45, 7) is 12.6. The second kappa shape index (κ2) is 9.89. The molecule has 0 saturated carbocycles. The molecule has 0 spiro atoms. The number of nitrogens with zero attached hydrogens (tertiary/aromatic N) is 2. The summed E-state index contributed by atoms with van der Waals surface area (Å²) in [6.07, 6.45) is 0. The van der Waals surface area contributed by atoms with Gasteiger partial charge in [-0.15, -0.1) is 11.8 Å². The molecule has 0 bridgehead atoms. The first-order valence-corrected chi connectivity index (χ1v) is 10.9. The number of oxime groups is 1. The van der Waals surface area contributed by atoms with Crippen molar-refractivity contribution < 1.29 is 20.2 Å². The summed E-state index contributed by atoms with van der Waals surface area (Å²) in [4.78, 5) is 14.0. The van der Waals surface area contributed by atoms with Gasteiger partial charge in [-0.3, -0.25) is 0 Å². The van der Waals surface area contributed by atoms with Crippen molar-refractivity contribution in [2.24, 2.45) is 5.16 Å². The average molecular weight is 431 g/mol. The minimum absolute atomic E-state index is 0.0832. The maximum Gasteiger partial charge on any atom is 0.339 e. The van der Waals surface area contributed by atoms with Gasteiger partial charge in [-0.2, -0.15) is 0 Å². The zero-order valence-corrected chi connectivity index (χ0v) is 19.0. The molecule has 0 amide bonds. The van der Waals surface area contributed by atoms with Crippen LogP contribution >= 0.6 is 11.8 Å². The fourth-order valence-electron chi connectivity index (χ4n) is 3.26. The van der Waals surface area contributed by atoms with E-state index >= 15 is 0 Å². The largest absolute Gasteiger partial charge is 0.507 e. The van der Waals surface area contributed by atoms with E-state index in [2.05, 4.69) is 56.8 Å². The standard InChI is InChI=1S/C23H30N2O4S/c1-6-25(7-2)20-11-8-15(12-18(20)23(3,4)5)19(24-29)14-30-16-9-10-17(22(27)28)21(26)13-16/h8-13,26,29H,6-7,14H2,1-5H3,(H,27,28)/b24-19-. The number of thioether (sulfide) groups is 1. The first kappa shape index (κ1) is 23.6. The Balaban J connectivity index is 2.30. The quantitative estimate of drug-likeness (QED) is 0.231. The van der Waals surface area contributed by atoms with Gasteiger partial charge >= 0.3 is 5.97 Å². The van der Waals surface area contributed by atoms with E-state index in [-0.39, 0.29) is 16.7 Å². The average Bonchev–Trinajstić information content (AvgIpc) is 2.69. The molecule has 0 aliphatic heterocycles. The van der Waals surface area contributed by atoms with E-state index in [1.807, 2.05) is 6.07 Å². The van der Waals surface area contributed by atoms with Gasteiger partial charge in [-0.1, -0.05) is 32.0 Å². The van der Waals surface area contributed by atoms with Crippen LogP contribution in [-0.2, 0) is 5.41 Å². The molecule has 0 fully saturated rings. The summed E-state index contributed by atoms with van der Waals surface area (Å²) in [7, 11) is 0. The van der Waals surface area contributed by atoms with Gasteiger partial charge in [0.2, 0.25) is 0 Å². The molecule has 7 heteroatoms. The van der Waals surface area contributed by atoms with E-state index in [1.165, 1.54) is 35.1 Å². The van der Waals surface area contributed by atoms with Crippen LogP contribution in [-0.4, -0.2) is 45.9 Å². The van der Waals surface area contributed by atoms with Crippen LogP contribution in [0.25, 0.3) is 0 Å². The zero-order chi connectivity index (χ0) is 22.5. The molecule has 0 aliphatic rings. The Hall–Kier alpha value is -2.67. The van der Waals surface area contributed by atoms with Crippen molar-refractivity contribution in [1.82, 2.24) is 0 Å². The number of hydrogen-bond acceptors (Lipinski definition) is 6. The minimum atomic E-state index is -1.18. The molecule has 3 N–H and O–H groups in total. The number of benzene rings is 2. The summed E-state index contributed by atoms with van der Waals surface area (Å²) in [5.41, 5.74) is 3.47. The molecular formula is C23H30N2O4S. The van der Waals surface area contributed by atoms with Crippen molar-refractivity contribution in [3.63, 3.8) is 0 Å². The third-order valence-corrected chi connectivity index (χ3v) is 5.94. The summed E-state index contributed by atoms with van der Waals surface area (Å²) in [5, 5.41) is 32.0. The molecule has 0 saturated heterocycles. The molecule has 0 unspecified atom stereocenters. The Kier molecular flexibility index (Phi) is 7.78. The lowest BCUT2D eigenvalue weighted by atomic mass is 9.84. The predicted octanol–water partition coefficient (Wildman–Crippen LogP) is 5.20. The number of rotatable bonds is 8. The van der Waals surface area contributed by atoms with Gasteiger partial charge in [0.25, 0.3) is 0 Å². The Labute approximate surface area is 182 Å². The first-order valence-electron chi connectivity index (χ1n) is 9.92. The smallest absolute Gasteiger partial charge is 0.339 e. The van der Waals surface area contributed by atoms with E-state index in [9.17, 15) is 15.1 Å². The summed E-state index contributed by atoms with van der Waals surface area (Å²) in [5.74, 6) is -1.09. The van der Waals surface area contributed by atoms with Crippen molar-refractivity contribution in [2.75, 3.05) is 23.7 Å². The fourth-order valence-corrected chi connectivity index (χ4v) is 4.15. The molecule has 6 nitrogen and oxygen atoms in total. The third-order valence-electron chi connectivity index (χ3n) is 4.94. The van der Waals surface area contributed by atoms with Gasteiger partial charge in [0.15, 0.2) is 0 Å². The van der Waals surface area contributed by atoms with Crippen molar-refractivity contribution >= 4 is 29.1 Å². The van der Waals surface area contributed by atoms with Crippen LogP contribution in [0.15, 0.2) is 46.4 Å². The fraction of sp³-hybridized carbons (Fsp3) is 0.391. The Morgan fingerprint density at radius 3 is 2.27 bits per heavy atom. The number of aromatic carboxylic acids is 1. The summed E-state index contributed by atoms with van der Waals surface area (Å²) < 4.78 is 0. The monoisotopic (exact) mass is 430 g/mol. The predicted molar refractivity (Wildman–Crippen MR) is 123 cm³/mol. The van der Waals surface area contributed by atoms with Crippen LogP contribution in [0.1, 0.15) is 56.1 Å². The summed E-state index contributed by atoms with van der Waals surface area (Å²) >= 11 is 1.36. The number of hydrogen-bond donors (Lipinski definition) is 3. The van der Waals surface area contributed by atoms with Crippen LogP contribution in [0.2, 0.25) is 0 Å². The number of carbonyl (C=O) groups is 1. The molecule has 0 radical (unpaired) electrons. The highest BCUT2D eigenvalue weighted by molar-refractivity contribution is 8.00. The van der Waals surface area contributed by atoms with Gasteiger partial charge in [0, 0.05) is 35.0 Å². The summed E-state index contributed by atoms with van der Waals surface area (Å²) in [6, 6.07) is 10.5. The van der Waals surface area contributed by atoms with E-state index in [0.717, 1.165) is 18.7 Å². The molecule has 2 aromatic rings.